The van der Waals surface area contributed by atoms with Gasteiger partial charge < -0.3 is 9.47 Å². The van der Waals surface area contributed by atoms with Crippen LogP contribution in [0, 0.1) is 5.92 Å². The molecule has 2 aliphatic rings. The van der Waals surface area contributed by atoms with Gasteiger partial charge in [-0.25, -0.2) is 4.98 Å². The molecule has 0 bridgehead atoms. The van der Waals surface area contributed by atoms with E-state index in [1.54, 1.807) is 22.7 Å². The van der Waals surface area contributed by atoms with Crippen molar-refractivity contribution >= 4 is 22.7 Å². The fraction of sp³-hybridized carbons (Fsp3) is 0.588. The summed E-state index contributed by atoms with van der Waals surface area (Å²) in [7, 11) is 0. The Hall–Kier alpha value is -0.790. The Bertz CT molecular complexity index is 588. The van der Waals surface area contributed by atoms with E-state index in [0.717, 1.165) is 31.3 Å². The molecule has 2 aromatic rings. The van der Waals surface area contributed by atoms with E-state index in [9.17, 15) is 0 Å². The van der Waals surface area contributed by atoms with Crippen LogP contribution in [-0.4, -0.2) is 41.8 Å². The average molecular weight is 351 g/mol. The van der Waals surface area contributed by atoms with E-state index in [-0.39, 0.29) is 0 Å². The molecule has 0 unspecified atom stereocenters. The zero-order chi connectivity index (χ0) is 15.5. The molecule has 0 amide bonds. The van der Waals surface area contributed by atoms with E-state index in [2.05, 4.69) is 26.7 Å². The summed E-state index contributed by atoms with van der Waals surface area (Å²) in [5.41, 5.74) is 1.43. The number of thiazole rings is 1. The molecule has 3 atom stereocenters. The number of rotatable bonds is 6. The second kappa shape index (κ2) is 7.40. The highest BCUT2D eigenvalue weighted by Crippen LogP contribution is 2.35. The predicted molar refractivity (Wildman–Crippen MR) is 92.8 cm³/mol. The van der Waals surface area contributed by atoms with Gasteiger partial charge in [0, 0.05) is 36.6 Å². The minimum absolute atomic E-state index is 0.332. The van der Waals surface area contributed by atoms with E-state index < -0.39 is 0 Å². The maximum atomic E-state index is 6.12. The number of ether oxygens (including phenoxy) is 2. The third kappa shape index (κ3) is 3.67. The number of nitrogens with zero attached hydrogens (tertiary/aromatic N) is 2. The number of hydrogen-bond donors (Lipinski definition) is 0. The fourth-order valence-electron chi connectivity index (χ4n) is 3.75. The molecule has 6 heteroatoms. The molecule has 124 valence electrons. The van der Waals surface area contributed by atoms with Crippen molar-refractivity contribution in [3.63, 3.8) is 0 Å². The molecule has 23 heavy (non-hydrogen) atoms. The first-order valence-electron chi connectivity index (χ1n) is 8.23. The lowest BCUT2D eigenvalue weighted by Crippen LogP contribution is -2.50. The molecule has 0 N–H and O–H groups in total. The van der Waals surface area contributed by atoms with Crippen LogP contribution in [-0.2, 0) is 22.6 Å². The molecule has 0 aromatic carbocycles. The van der Waals surface area contributed by atoms with Gasteiger partial charge in [0.2, 0.25) is 0 Å². The van der Waals surface area contributed by atoms with Gasteiger partial charge in [-0.3, -0.25) is 4.90 Å². The molecule has 4 rings (SSSR count). The molecular formula is C17H22N2O2S2. The van der Waals surface area contributed by atoms with Gasteiger partial charge >= 0.3 is 0 Å². The topological polar surface area (TPSA) is 34.6 Å². The fourth-order valence-corrected chi connectivity index (χ4v) is 4.96. The lowest BCUT2D eigenvalue weighted by Gasteiger charge is -2.39. The standard InChI is InChI=1S/C17H22N2O2S2/c1-2-15-17(14(1)10-20-11-16-18-4-8-23-16)21-6-5-19(15)9-13-3-7-22-12-13/h3-4,7-8,12,14-15,17H,1-2,5-6,9-11H2/t14-,15+,17-/m0/s1. The molecular weight excluding hydrogens is 328 g/mol. The van der Waals surface area contributed by atoms with Crippen molar-refractivity contribution in [2.45, 2.75) is 38.1 Å². The van der Waals surface area contributed by atoms with Crippen molar-refractivity contribution < 1.29 is 9.47 Å². The van der Waals surface area contributed by atoms with Crippen molar-refractivity contribution in [2.75, 3.05) is 19.8 Å². The molecule has 1 aliphatic carbocycles. The first-order chi connectivity index (χ1) is 11.4. The van der Waals surface area contributed by atoms with Crippen LogP contribution in [0.3, 0.4) is 0 Å². The van der Waals surface area contributed by atoms with Crippen molar-refractivity contribution in [3.8, 4) is 0 Å². The number of thiophene rings is 1. The van der Waals surface area contributed by atoms with E-state index in [0.29, 0.717) is 24.7 Å². The van der Waals surface area contributed by atoms with Crippen LogP contribution in [0.2, 0.25) is 0 Å². The summed E-state index contributed by atoms with van der Waals surface area (Å²) in [5.74, 6) is 0.519. The van der Waals surface area contributed by atoms with E-state index in [1.165, 1.54) is 18.4 Å². The van der Waals surface area contributed by atoms with Gasteiger partial charge in [0.25, 0.3) is 0 Å². The highest BCUT2D eigenvalue weighted by molar-refractivity contribution is 7.09. The van der Waals surface area contributed by atoms with E-state index in [4.69, 9.17) is 9.47 Å². The SMILES string of the molecule is c1csc(COC[C@@H]2CC[C@@H]3[C@H]2OCCN3Cc2ccsc2)n1. The van der Waals surface area contributed by atoms with E-state index >= 15 is 0 Å². The first kappa shape index (κ1) is 15.7. The Labute approximate surface area is 145 Å². The van der Waals surface area contributed by atoms with Crippen molar-refractivity contribution in [2.24, 2.45) is 5.92 Å². The normalized spacial score (nSPS) is 28.1. The van der Waals surface area contributed by atoms with Crippen molar-refractivity contribution in [3.05, 3.63) is 39.0 Å². The number of hydrogen-bond acceptors (Lipinski definition) is 6. The smallest absolute Gasteiger partial charge is 0.118 e. The Balaban J connectivity index is 1.31. The van der Waals surface area contributed by atoms with Crippen LogP contribution >= 0.6 is 22.7 Å². The van der Waals surface area contributed by atoms with Gasteiger partial charge in [-0.1, -0.05) is 0 Å². The quantitative estimate of drug-likeness (QED) is 0.800. The van der Waals surface area contributed by atoms with Crippen LogP contribution in [0.1, 0.15) is 23.4 Å². The van der Waals surface area contributed by atoms with Gasteiger partial charge in [-0.15, -0.1) is 11.3 Å². The lowest BCUT2D eigenvalue weighted by molar-refractivity contribution is -0.0891. The summed E-state index contributed by atoms with van der Waals surface area (Å²) >= 11 is 3.44. The molecule has 2 fully saturated rings. The largest absolute Gasteiger partial charge is 0.375 e. The molecule has 2 aromatic heterocycles. The van der Waals surface area contributed by atoms with Crippen LogP contribution < -0.4 is 0 Å². The van der Waals surface area contributed by atoms with Gasteiger partial charge in [-0.05, 0) is 35.2 Å². The predicted octanol–water partition coefficient (Wildman–Crippen LogP) is 3.40. The van der Waals surface area contributed by atoms with Crippen LogP contribution in [0.15, 0.2) is 28.4 Å². The number of fused-ring (bicyclic) bond motifs is 1. The van der Waals surface area contributed by atoms with E-state index in [1.807, 2.05) is 11.6 Å². The summed E-state index contributed by atoms with van der Waals surface area (Å²) in [6.45, 7) is 4.36. The van der Waals surface area contributed by atoms with Gasteiger partial charge in [-0.2, -0.15) is 11.3 Å². The molecule has 1 saturated carbocycles. The second-order valence-corrected chi connectivity index (χ2v) is 8.04. The third-order valence-electron chi connectivity index (χ3n) is 4.84. The molecule has 0 spiro atoms. The monoisotopic (exact) mass is 350 g/mol. The van der Waals surface area contributed by atoms with Crippen molar-refractivity contribution in [1.29, 1.82) is 0 Å². The summed E-state index contributed by atoms with van der Waals surface area (Å²) in [6.07, 6.45) is 4.59. The molecule has 4 nitrogen and oxygen atoms in total. The highest BCUT2D eigenvalue weighted by Gasteiger charge is 2.42. The van der Waals surface area contributed by atoms with Crippen LogP contribution in [0.4, 0.5) is 0 Å². The van der Waals surface area contributed by atoms with Crippen LogP contribution in [0.25, 0.3) is 0 Å². The van der Waals surface area contributed by atoms with Crippen LogP contribution in [0.5, 0.6) is 0 Å². The molecule has 1 saturated heterocycles. The Morgan fingerprint density at radius 2 is 2.35 bits per heavy atom. The van der Waals surface area contributed by atoms with Gasteiger partial charge in [0.05, 0.1) is 25.9 Å². The zero-order valence-corrected chi connectivity index (χ0v) is 14.7. The maximum absolute atomic E-state index is 6.12. The first-order valence-corrected chi connectivity index (χ1v) is 10.1. The Morgan fingerprint density at radius 1 is 1.35 bits per heavy atom. The number of aromatic nitrogens is 1. The maximum Gasteiger partial charge on any atom is 0.118 e. The minimum Gasteiger partial charge on any atom is -0.375 e. The van der Waals surface area contributed by atoms with Gasteiger partial charge in [0.1, 0.15) is 5.01 Å². The zero-order valence-electron chi connectivity index (χ0n) is 13.1. The number of morpholine rings is 1. The summed E-state index contributed by atoms with van der Waals surface area (Å²) in [5, 5.41) is 7.48. The minimum atomic E-state index is 0.332. The highest BCUT2D eigenvalue weighted by atomic mass is 32.1. The Morgan fingerprint density at radius 3 is 3.17 bits per heavy atom. The molecule has 0 radical (unpaired) electrons. The van der Waals surface area contributed by atoms with Crippen molar-refractivity contribution in [1.82, 2.24) is 9.88 Å². The van der Waals surface area contributed by atoms with Gasteiger partial charge in [0.15, 0.2) is 0 Å². The molecule has 1 aliphatic heterocycles. The lowest BCUT2D eigenvalue weighted by atomic mass is 10.0. The summed E-state index contributed by atoms with van der Waals surface area (Å²) in [4.78, 5) is 6.88. The summed E-state index contributed by atoms with van der Waals surface area (Å²) in [6, 6.07) is 2.79. The molecule has 3 heterocycles. The third-order valence-corrected chi connectivity index (χ3v) is 6.33. The summed E-state index contributed by atoms with van der Waals surface area (Å²) < 4.78 is 12.0. The Kier molecular flexibility index (Phi) is 5.06. The average Bonchev–Trinajstić information content (AvgIpc) is 3.30. The second-order valence-electron chi connectivity index (χ2n) is 6.28.